The third kappa shape index (κ3) is 7.39. The number of sulfone groups is 1. The van der Waals surface area contributed by atoms with Gasteiger partial charge in [-0.15, -0.1) is 6.58 Å². The van der Waals surface area contributed by atoms with E-state index in [9.17, 15) is 31.5 Å². The van der Waals surface area contributed by atoms with E-state index in [1.165, 1.54) is 31.3 Å². The third-order valence-electron chi connectivity index (χ3n) is 4.69. The van der Waals surface area contributed by atoms with Crippen LogP contribution in [0.2, 0.25) is 0 Å². The summed E-state index contributed by atoms with van der Waals surface area (Å²) >= 11 is 0. The van der Waals surface area contributed by atoms with Crippen molar-refractivity contribution in [2.75, 3.05) is 29.6 Å². The molecule has 1 aromatic carbocycles. The van der Waals surface area contributed by atoms with Crippen molar-refractivity contribution in [3.8, 4) is 0 Å². The minimum Gasteiger partial charge on any atom is -0.398 e. The van der Waals surface area contributed by atoms with Crippen LogP contribution in [0.3, 0.4) is 0 Å². The molecule has 0 aliphatic heterocycles. The Hall–Kier alpha value is -3.25. The van der Waals surface area contributed by atoms with E-state index in [-0.39, 0.29) is 35.7 Å². The van der Waals surface area contributed by atoms with E-state index in [1.807, 2.05) is 0 Å². The number of nitrogens with two attached hydrogens (primary N) is 1. The molecule has 0 saturated carbocycles. The maximum absolute atomic E-state index is 13.0. The van der Waals surface area contributed by atoms with Gasteiger partial charge in [0.25, 0.3) is 5.91 Å². The summed E-state index contributed by atoms with van der Waals surface area (Å²) in [5.74, 6) is -1.12. The Kier molecular flexibility index (Phi) is 8.22. The van der Waals surface area contributed by atoms with Gasteiger partial charge in [0.05, 0.1) is 17.9 Å². The van der Waals surface area contributed by atoms with Crippen molar-refractivity contribution in [1.82, 2.24) is 4.98 Å². The number of alkyl halides is 3. The van der Waals surface area contributed by atoms with E-state index in [0.29, 0.717) is 5.56 Å². The minimum absolute atomic E-state index is 0.0238. The average Bonchev–Trinajstić information content (AvgIpc) is 2.71. The van der Waals surface area contributed by atoms with Crippen molar-refractivity contribution in [2.24, 2.45) is 4.99 Å². The number of carbonyl (C=O) groups is 1. The summed E-state index contributed by atoms with van der Waals surface area (Å²) in [6, 6.07) is 5.71. The van der Waals surface area contributed by atoms with Crippen molar-refractivity contribution < 1.29 is 31.5 Å². The van der Waals surface area contributed by atoms with Gasteiger partial charge in [-0.1, -0.05) is 12.1 Å². The Labute approximate surface area is 195 Å². The van der Waals surface area contributed by atoms with Crippen molar-refractivity contribution in [3.63, 3.8) is 0 Å². The molecule has 1 aromatic heterocycles. The van der Waals surface area contributed by atoms with Crippen molar-refractivity contribution >= 4 is 33.3 Å². The summed E-state index contributed by atoms with van der Waals surface area (Å²) in [7, 11) is -3.22. The molecule has 2 rings (SSSR count). The first-order valence-electron chi connectivity index (χ1n) is 9.94. The first-order chi connectivity index (χ1) is 15.6. The third-order valence-corrected chi connectivity index (χ3v) is 5.61. The van der Waals surface area contributed by atoms with E-state index < -0.39 is 38.9 Å². The maximum atomic E-state index is 13.0. The number of pyridine rings is 1. The second-order valence-corrected chi connectivity index (χ2v) is 10.1. The fourth-order valence-corrected chi connectivity index (χ4v) is 3.41. The number of carbonyl (C=O) groups excluding carboxylic acids is 1. The minimum atomic E-state index is -4.73. The zero-order valence-corrected chi connectivity index (χ0v) is 19.4. The molecule has 34 heavy (non-hydrogen) atoms. The van der Waals surface area contributed by atoms with Gasteiger partial charge in [-0.05, 0) is 37.6 Å². The highest BCUT2D eigenvalue weighted by atomic mass is 32.2. The van der Waals surface area contributed by atoms with Crippen molar-refractivity contribution in [2.45, 2.75) is 25.1 Å². The average molecular weight is 499 g/mol. The lowest BCUT2D eigenvalue weighted by Crippen LogP contribution is -2.25. The van der Waals surface area contributed by atoms with Gasteiger partial charge in [-0.2, -0.15) is 13.2 Å². The zero-order valence-electron chi connectivity index (χ0n) is 18.6. The SMILES string of the molecule is C=CCC(C)(O)c1cc(N)c(C=NCCS(C)(=O)=O)cc1NC(=O)c1cccc(C(F)(F)F)n1. The lowest BCUT2D eigenvalue weighted by atomic mass is 9.89. The molecule has 1 unspecified atom stereocenters. The lowest BCUT2D eigenvalue weighted by molar-refractivity contribution is -0.141. The Morgan fingerprint density at radius 2 is 2.00 bits per heavy atom. The van der Waals surface area contributed by atoms with Crippen LogP contribution in [0.15, 0.2) is 48.0 Å². The molecule has 4 N–H and O–H groups in total. The highest BCUT2D eigenvalue weighted by molar-refractivity contribution is 7.90. The van der Waals surface area contributed by atoms with Crippen LogP contribution in [0.4, 0.5) is 24.5 Å². The Morgan fingerprint density at radius 1 is 1.32 bits per heavy atom. The molecule has 0 aliphatic rings. The van der Waals surface area contributed by atoms with Gasteiger partial charge in [0.2, 0.25) is 0 Å². The molecular formula is C22H25F3N4O4S. The summed E-state index contributed by atoms with van der Waals surface area (Å²) in [5.41, 5.74) is 3.57. The number of aromatic nitrogens is 1. The molecule has 0 aliphatic carbocycles. The summed E-state index contributed by atoms with van der Waals surface area (Å²) < 4.78 is 61.5. The van der Waals surface area contributed by atoms with Crippen LogP contribution in [0.1, 0.15) is 40.7 Å². The fraction of sp³-hybridized carbons (Fsp3) is 0.318. The van der Waals surface area contributed by atoms with Crippen LogP contribution in [0, 0.1) is 0 Å². The maximum Gasteiger partial charge on any atom is 0.433 e. The molecule has 0 spiro atoms. The number of aliphatic hydroxyl groups is 1. The van der Waals surface area contributed by atoms with Crippen LogP contribution in [-0.2, 0) is 21.6 Å². The predicted molar refractivity (Wildman–Crippen MR) is 125 cm³/mol. The van der Waals surface area contributed by atoms with Gasteiger partial charge in [0.15, 0.2) is 0 Å². The number of anilines is 2. The highest BCUT2D eigenvalue weighted by Crippen LogP contribution is 2.35. The molecule has 2 aromatic rings. The van der Waals surface area contributed by atoms with E-state index >= 15 is 0 Å². The van der Waals surface area contributed by atoms with Gasteiger partial charge in [-0.3, -0.25) is 9.79 Å². The molecule has 1 atom stereocenters. The van der Waals surface area contributed by atoms with Crippen LogP contribution in [-0.4, -0.2) is 49.2 Å². The first kappa shape index (κ1) is 27.0. The molecule has 0 bridgehead atoms. The monoisotopic (exact) mass is 498 g/mol. The number of rotatable bonds is 9. The Bertz CT molecular complexity index is 1210. The summed E-state index contributed by atoms with van der Waals surface area (Å²) in [6.07, 6.45) is -0.811. The van der Waals surface area contributed by atoms with E-state index in [0.717, 1.165) is 24.5 Å². The van der Waals surface area contributed by atoms with Gasteiger partial charge >= 0.3 is 6.18 Å². The second kappa shape index (κ2) is 10.3. The number of halogens is 3. The number of hydrogen-bond acceptors (Lipinski definition) is 7. The number of nitrogen functional groups attached to an aromatic ring is 1. The molecule has 1 amide bonds. The number of hydrogen-bond donors (Lipinski definition) is 3. The topological polar surface area (TPSA) is 135 Å². The quantitative estimate of drug-likeness (QED) is 0.276. The van der Waals surface area contributed by atoms with Crippen molar-refractivity contribution in [3.05, 3.63) is 65.5 Å². The molecule has 1 heterocycles. The number of amides is 1. The largest absolute Gasteiger partial charge is 0.433 e. The summed E-state index contributed by atoms with van der Waals surface area (Å²) in [4.78, 5) is 20.1. The Morgan fingerprint density at radius 3 is 2.59 bits per heavy atom. The highest BCUT2D eigenvalue weighted by Gasteiger charge is 2.33. The van der Waals surface area contributed by atoms with E-state index in [4.69, 9.17) is 5.73 Å². The van der Waals surface area contributed by atoms with Gasteiger partial charge in [0, 0.05) is 35.0 Å². The van der Waals surface area contributed by atoms with Crippen molar-refractivity contribution in [1.29, 1.82) is 0 Å². The second-order valence-electron chi connectivity index (χ2n) is 7.82. The van der Waals surface area contributed by atoms with Crippen LogP contribution >= 0.6 is 0 Å². The molecule has 8 nitrogen and oxygen atoms in total. The predicted octanol–water partition coefficient (Wildman–Crippen LogP) is 3.18. The van der Waals surface area contributed by atoms with Gasteiger partial charge < -0.3 is 16.2 Å². The van der Waals surface area contributed by atoms with Crippen LogP contribution < -0.4 is 11.1 Å². The normalized spacial score (nSPS) is 14.1. The Balaban J connectivity index is 2.47. The molecule has 184 valence electrons. The standard InChI is InChI=1S/C22H25F3N4O4S/c1-4-8-21(2,31)15-12-16(26)14(13-27-9-10-34(3,32)33)11-18(15)29-20(30)17-6-5-7-19(28-17)22(23,24)25/h4-7,11-13,31H,1,8-10,26H2,2-3H3,(H,29,30). The van der Waals surface area contributed by atoms with Gasteiger partial charge in [-0.25, -0.2) is 13.4 Å². The number of nitrogens with zero attached hydrogens (tertiary/aromatic N) is 2. The van der Waals surface area contributed by atoms with Crippen LogP contribution in [0.25, 0.3) is 0 Å². The van der Waals surface area contributed by atoms with E-state index in [2.05, 4.69) is 21.9 Å². The van der Waals surface area contributed by atoms with Gasteiger partial charge in [0.1, 0.15) is 21.2 Å². The number of aliphatic imine (C=N–C) groups is 1. The lowest BCUT2D eigenvalue weighted by Gasteiger charge is -2.26. The fourth-order valence-electron chi connectivity index (χ4n) is 2.97. The van der Waals surface area contributed by atoms with E-state index in [1.54, 1.807) is 0 Å². The first-order valence-corrected chi connectivity index (χ1v) is 12.0. The molecule has 0 saturated heterocycles. The molecular weight excluding hydrogens is 473 g/mol. The zero-order chi connectivity index (χ0) is 25.7. The van der Waals surface area contributed by atoms with Crippen LogP contribution in [0.5, 0.6) is 0 Å². The molecule has 12 heteroatoms. The number of nitrogens with one attached hydrogen (secondary N) is 1. The number of benzene rings is 1. The smallest absolute Gasteiger partial charge is 0.398 e. The summed E-state index contributed by atoms with van der Waals surface area (Å²) in [5, 5.41) is 13.4. The molecule has 0 fully saturated rings. The molecule has 0 radical (unpaired) electrons. The summed E-state index contributed by atoms with van der Waals surface area (Å²) in [6.45, 7) is 5.02.